The molecule has 0 bridgehead atoms. The number of ether oxygens (including phenoxy) is 1. The Morgan fingerprint density at radius 3 is 2.77 bits per heavy atom. The van der Waals surface area contributed by atoms with Gasteiger partial charge in [-0.2, -0.15) is 0 Å². The van der Waals surface area contributed by atoms with Crippen molar-refractivity contribution in [3.05, 3.63) is 64.7 Å². The molecule has 0 aliphatic heterocycles. The van der Waals surface area contributed by atoms with Gasteiger partial charge in [-0.25, -0.2) is 9.48 Å². The number of carbonyl (C=O) groups is 1. The van der Waals surface area contributed by atoms with Gasteiger partial charge in [0, 0.05) is 32.1 Å². The molecule has 8 heteroatoms. The number of hydrogen-bond donors (Lipinski definition) is 2. The van der Waals surface area contributed by atoms with E-state index in [2.05, 4.69) is 15.7 Å². The van der Waals surface area contributed by atoms with E-state index >= 15 is 0 Å². The zero-order valence-electron chi connectivity index (χ0n) is 14.5. The first-order valence-corrected chi connectivity index (χ1v) is 8.35. The molecule has 0 atom stereocenters. The smallest absolute Gasteiger partial charge is 0.350 e. The van der Waals surface area contributed by atoms with Crippen LogP contribution in [0.4, 0.5) is 5.69 Å². The number of aromatic nitrogens is 3. The standard InChI is InChI=1S/C18H21N5O3/c1-26-13-10-20-17(24)14-6-2-3-7-15(14)19-9-12-23-18(25)22-11-5-4-8-16(22)21-23/h2-8,11,19H,9-10,12-13H2,1H3,(H,20,24). The largest absolute Gasteiger partial charge is 0.383 e. The number of hydrogen-bond acceptors (Lipinski definition) is 5. The first kappa shape index (κ1) is 17.7. The Balaban J connectivity index is 1.65. The van der Waals surface area contributed by atoms with Crippen molar-refractivity contribution in [2.24, 2.45) is 0 Å². The Labute approximate surface area is 150 Å². The lowest BCUT2D eigenvalue weighted by Gasteiger charge is -2.12. The third-order valence-electron chi connectivity index (χ3n) is 3.89. The Hall–Kier alpha value is -3.13. The first-order valence-electron chi connectivity index (χ1n) is 8.35. The topological polar surface area (TPSA) is 89.7 Å². The van der Waals surface area contributed by atoms with Gasteiger partial charge in [-0.3, -0.25) is 9.20 Å². The highest BCUT2D eigenvalue weighted by Crippen LogP contribution is 2.14. The summed E-state index contributed by atoms with van der Waals surface area (Å²) in [6.45, 7) is 1.75. The summed E-state index contributed by atoms with van der Waals surface area (Å²) in [5, 5.41) is 10.3. The zero-order valence-corrected chi connectivity index (χ0v) is 14.5. The number of fused-ring (bicyclic) bond motifs is 1. The highest BCUT2D eigenvalue weighted by atomic mass is 16.5. The first-order chi connectivity index (χ1) is 12.7. The monoisotopic (exact) mass is 355 g/mol. The van der Waals surface area contributed by atoms with Crippen molar-refractivity contribution in [3.63, 3.8) is 0 Å². The maximum absolute atomic E-state index is 12.3. The molecule has 0 aliphatic carbocycles. The molecule has 0 aliphatic rings. The van der Waals surface area contributed by atoms with Gasteiger partial charge in [0.15, 0.2) is 5.65 Å². The summed E-state index contributed by atoms with van der Waals surface area (Å²) >= 11 is 0. The summed E-state index contributed by atoms with van der Waals surface area (Å²) in [6, 6.07) is 12.7. The maximum atomic E-state index is 12.3. The molecule has 26 heavy (non-hydrogen) atoms. The van der Waals surface area contributed by atoms with Gasteiger partial charge >= 0.3 is 5.69 Å². The summed E-state index contributed by atoms with van der Waals surface area (Å²) in [7, 11) is 1.59. The number of benzene rings is 1. The molecule has 0 saturated heterocycles. The van der Waals surface area contributed by atoms with Crippen LogP contribution in [0, 0.1) is 0 Å². The van der Waals surface area contributed by atoms with E-state index in [1.807, 2.05) is 24.3 Å². The third-order valence-corrected chi connectivity index (χ3v) is 3.89. The molecule has 0 radical (unpaired) electrons. The van der Waals surface area contributed by atoms with E-state index in [0.29, 0.717) is 43.1 Å². The number of carbonyl (C=O) groups excluding carboxylic acids is 1. The summed E-state index contributed by atoms with van der Waals surface area (Å²) in [5.41, 5.74) is 1.67. The average molecular weight is 355 g/mol. The fraction of sp³-hybridized carbons (Fsp3) is 0.278. The zero-order chi connectivity index (χ0) is 18.4. The molecule has 3 aromatic rings. The summed E-state index contributed by atoms with van der Waals surface area (Å²) in [5.74, 6) is -0.171. The predicted molar refractivity (Wildman–Crippen MR) is 98.6 cm³/mol. The molecular weight excluding hydrogens is 334 g/mol. The third kappa shape index (κ3) is 3.92. The summed E-state index contributed by atoms with van der Waals surface area (Å²) in [6.07, 6.45) is 1.69. The fourth-order valence-electron chi connectivity index (χ4n) is 2.61. The van der Waals surface area contributed by atoms with Crippen molar-refractivity contribution in [1.29, 1.82) is 0 Å². The quantitative estimate of drug-likeness (QED) is 0.588. The minimum Gasteiger partial charge on any atom is -0.383 e. The van der Waals surface area contributed by atoms with Crippen LogP contribution in [0.25, 0.3) is 5.65 Å². The van der Waals surface area contributed by atoms with Crippen LogP contribution >= 0.6 is 0 Å². The maximum Gasteiger partial charge on any atom is 0.350 e. The van der Waals surface area contributed by atoms with Crippen LogP contribution in [0.1, 0.15) is 10.4 Å². The molecule has 0 spiro atoms. The minimum absolute atomic E-state index is 0.171. The number of methoxy groups -OCH3 is 1. The van der Waals surface area contributed by atoms with E-state index in [1.165, 1.54) is 9.08 Å². The Morgan fingerprint density at radius 2 is 1.96 bits per heavy atom. The number of para-hydroxylation sites is 1. The van der Waals surface area contributed by atoms with Crippen LogP contribution in [0.15, 0.2) is 53.5 Å². The number of rotatable bonds is 8. The molecule has 136 valence electrons. The molecule has 1 amide bonds. The van der Waals surface area contributed by atoms with Gasteiger partial charge < -0.3 is 15.4 Å². The molecule has 0 fully saturated rings. The van der Waals surface area contributed by atoms with E-state index in [-0.39, 0.29) is 11.6 Å². The SMILES string of the molecule is COCCNC(=O)c1ccccc1NCCn1nc2ccccn2c1=O. The van der Waals surface area contributed by atoms with Crippen LogP contribution < -0.4 is 16.3 Å². The number of nitrogens with one attached hydrogen (secondary N) is 2. The average Bonchev–Trinajstić information content (AvgIpc) is 2.98. The van der Waals surface area contributed by atoms with Crippen molar-refractivity contribution < 1.29 is 9.53 Å². The van der Waals surface area contributed by atoms with E-state index in [1.54, 1.807) is 31.5 Å². The van der Waals surface area contributed by atoms with Gasteiger partial charge in [0.2, 0.25) is 0 Å². The Morgan fingerprint density at radius 1 is 1.15 bits per heavy atom. The van der Waals surface area contributed by atoms with E-state index in [0.717, 1.165) is 0 Å². The number of nitrogens with zero attached hydrogens (tertiary/aromatic N) is 3. The lowest BCUT2D eigenvalue weighted by Crippen LogP contribution is -2.28. The van der Waals surface area contributed by atoms with E-state index in [9.17, 15) is 9.59 Å². The lowest BCUT2D eigenvalue weighted by molar-refractivity contribution is 0.0938. The van der Waals surface area contributed by atoms with Crippen LogP contribution in [0.2, 0.25) is 0 Å². The van der Waals surface area contributed by atoms with Crippen molar-refractivity contribution in [2.75, 3.05) is 32.1 Å². The van der Waals surface area contributed by atoms with Gasteiger partial charge in [-0.15, -0.1) is 5.10 Å². The lowest BCUT2D eigenvalue weighted by atomic mass is 10.1. The summed E-state index contributed by atoms with van der Waals surface area (Å²) in [4.78, 5) is 24.5. The molecular formula is C18H21N5O3. The second kappa shape index (κ2) is 8.30. The van der Waals surface area contributed by atoms with Crippen LogP contribution in [-0.4, -0.2) is 46.9 Å². The molecule has 2 heterocycles. The van der Waals surface area contributed by atoms with Gasteiger partial charge in [0.05, 0.1) is 18.7 Å². The molecule has 2 aromatic heterocycles. The highest BCUT2D eigenvalue weighted by molar-refractivity contribution is 5.99. The van der Waals surface area contributed by atoms with Crippen molar-refractivity contribution in [1.82, 2.24) is 19.5 Å². The van der Waals surface area contributed by atoms with Crippen molar-refractivity contribution in [3.8, 4) is 0 Å². The number of amides is 1. The highest BCUT2D eigenvalue weighted by Gasteiger charge is 2.11. The summed E-state index contributed by atoms with van der Waals surface area (Å²) < 4.78 is 7.84. The number of pyridine rings is 1. The van der Waals surface area contributed by atoms with Crippen molar-refractivity contribution in [2.45, 2.75) is 6.54 Å². The Bertz CT molecular complexity index is 947. The molecule has 1 aromatic carbocycles. The van der Waals surface area contributed by atoms with Gasteiger partial charge in [0.25, 0.3) is 5.91 Å². The molecule has 0 saturated carbocycles. The second-order valence-electron chi connectivity index (χ2n) is 5.66. The van der Waals surface area contributed by atoms with Crippen LogP contribution in [-0.2, 0) is 11.3 Å². The van der Waals surface area contributed by atoms with Crippen molar-refractivity contribution >= 4 is 17.2 Å². The van der Waals surface area contributed by atoms with Gasteiger partial charge in [0.1, 0.15) is 0 Å². The molecule has 3 rings (SSSR count). The normalized spacial score (nSPS) is 10.8. The molecule has 2 N–H and O–H groups in total. The Kier molecular flexibility index (Phi) is 5.65. The number of anilines is 1. The van der Waals surface area contributed by atoms with E-state index < -0.39 is 0 Å². The van der Waals surface area contributed by atoms with Crippen LogP contribution in [0.3, 0.4) is 0 Å². The molecule has 0 unspecified atom stereocenters. The van der Waals surface area contributed by atoms with Gasteiger partial charge in [-0.05, 0) is 24.3 Å². The van der Waals surface area contributed by atoms with Gasteiger partial charge in [-0.1, -0.05) is 18.2 Å². The van der Waals surface area contributed by atoms with Crippen LogP contribution in [0.5, 0.6) is 0 Å². The predicted octanol–water partition coefficient (Wildman–Crippen LogP) is 0.984. The minimum atomic E-state index is -0.187. The van der Waals surface area contributed by atoms with E-state index in [4.69, 9.17) is 4.74 Å². The fourth-order valence-corrected chi connectivity index (χ4v) is 2.61. The second-order valence-corrected chi connectivity index (χ2v) is 5.66. The molecule has 8 nitrogen and oxygen atoms in total.